The van der Waals surface area contributed by atoms with Gasteiger partial charge in [0, 0.05) is 44.8 Å². The SMILES string of the molecule is CCNC(=NCC(C(C)C)N1CCOCC1)NCCc1ccn(-c2ccc(F)cc2)n1.I. The third-order valence-corrected chi connectivity index (χ3v) is 5.47. The molecule has 0 amide bonds. The van der Waals surface area contributed by atoms with Crippen LogP contribution in [0.15, 0.2) is 41.5 Å². The predicted molar refractivity (Wildman–Crippen MR) is 138 cm³/mol. The molecule has 2 heterocycles. The summed E-state index contributed by atoms with van der Waals surface area (Å²) in [6, 6.07) is 8.73. The molecular weight excluding hydrogens is 522 g/mol. The number of nitrogens with zero attached hydrogens (tertiary/aromatic N) is 4. The van der Waals surface area contributed by atoms with Gasteiger partial charge in [-0.1, -0.05) is 13.8 Å². The first kappa shape index (κ1) is 26.5. The number of hydrogen-bond donors (Lipinski definition) is 2. The van der Waals surface area contributed by atoms with Crippen LogP contribution in [0, 0.1) is 11.7 Å². The summed E-state index contributed by atoms with van der Waals surface area (Å²) in [5.41, 5.74) is 1.82. The van der Waals surface area contributed by atoms with Gasteiger partial charge in [0.1, 0.15) is 5.82 Å². The van der Waals surface area contributed by atoms with Crippen LogP contribution in [-0.4, -0.2) is 72.6 Å². The molecule has 0 spiro atoms. The first-order valence-corrected chi connectivity index (χ1v) is 11.2. The monoisotopic (exact) mass is 558 g/mol. The van der Waals surface area contributed by atoms with E-state index in [1.54, 1.807) is 16.8 Å². The number of hydrogen-bond acceptors (Lipinski definition) is 4. The molecule has 1 atom stereocenters. The summed E-state index contributed by atoms with van der Waals surface area (Å²) in [4.78, 5) is 7.34. The van der Waals surface area contributed by atoms with Gasteiger partial charge in [-0.15, -0.1) is 24.0 Å². The molecule has 1 aliphatic rings. The molecular formula is C23H36FIN6O. The summed E-state index contributed by atoms with van der Waals surface area (Å²) in [6.45, 7) is 12.4. The molecule has 1 saturated heterocycles. The lowest BCUT2D eigenvalue weighted by atomic mass is 10.0. The zero-order valence-electron chi connectivity index (χ0n) is 19.3. The lowest BCUT2D eigenvalue weighted by Gasteiger charge is -2.36. The van der Waals surface area contributed by atoms with Gasteiger partial charge in [-0.05, 0) is 43.2 Å². The third kappa shape index (κ3) is 8.00. The molecule has 1 aromatic carbocycles. The fourth-order valence-corrected chi connectivity index (χ4v) is 3.73. The highest BCUT2D eigenvalue weighted by Gasteiger charge is 2.23. The van der Waals surface area contributed by atoms with E-state index in [1.165, 1.54) is 12.1 Å². The van der Waals surface area contributed by atoms with Crippen LogP contribution in [0.5, 0.6) is 0 Å². The van der Waals surface area contributed by atoms with Crippen molar-refractivity contribution in [2.45, 2.75) is 33.2 Å². The summed E-state index contributed by atoms with van der Waals surface area (Å²) >= 11 is 0. The highest BCUT2D eigenvalue weighted by atomic mass is 127. The molecule has 1 aliphatic heterocycles. The van der Waals surface area contributed by atoms with E-state index in [1.807, 2.05) is 12.3 Å². The number of halogens is 2. The van der Waals surface area contributed by atoms with Crippen molar-refractivity contribution in [3.8, 4) is 5.69 Å². The molecule has 0 radical (unpaired) electrons. The first-order chi connectivity index (χ1) is 15.1. The van der Waals surface area contributed by atoms with Gasteiger partial charge in [0.05, 0.1) is 31.1 Å². The molecule has 2 N–H and O–H groups in total. The largest absolute Gasteiger partial charge is 0.379 e. The quantitative estimate of drug-likeness (QED) is 0.282. The summed E-state index contributed by atoms with van der Waals surface area (Å²) in [5, 5.41) is 11.3. The predicted octanol–water partition coefficient (Wildman–Crippen LogP) is 3.08. The van der Waals surface area contributed by atoms with Gasteiger partial charge >= 0.3 is 0 Å². The highest BCUT2D eigenvalue weighted by Crippen LogP contribution is 2.13. The number of aromatic nitrogens is 2. The van der Waals surface area contributed by atoms with Crippen molar-refractivity contribution in [2.24, 2.45) is 10.9 Å². The van der Waals surface area contributed by atoms with Crippen LogP contribution >= 0.6 is 24.0 Å². The van der Waals surface area contributed by atoms with E-state index in [9.17, 15) is 4.39 Å². The van der Waals surface area contributed by atoms with Crippen molar-refractivity contribution >= 4 is 29.9 Å². The third-order valence-electron chi connectivity index (χ3n) is 5.47. The minimum Gasteiger partial charge on any atom is -0.379 e. The number of guanidine groups is 1. The Morgan fingerprint density at radius 2 is 1.88 bits per heavy atom. The van der Waals surface area contributed by atoms with Crippen LogP contribution in [0.3, 0.4) is 0 Å². The minimum atomic E-state index is -0.246. The molecule has 3 rings (SSSR count). The number of ether oxygens (including phenoxy) is 1. The molecule has 0 saturated carbocycles. The number of morpholine rings is 1. The van der Waals surface area contributed by atoms with Gasteiger partial charge in [-0.25, -0.2) is 9.07 Å². The summed E-state index contributed by atoms with van der Waals surface area (Å²) in [7, 11) is 0. The number of benzene rings is 1. The molecule has 1 unspecified atom stereocenters. The van der Waals surface area contributed by atoms with E-state index in [-0.39, 0.29) is 29.8 Å². The smallest absolute Gasteiger partial charge is 0.191 e. The number of nitrogens with one attached hydrogen (secondary N) is 2. The number of rotatable bonds is 9. The van der Waals surface area contributed by atoms with Gasteiger partial charge in [0.2, 0.25) is 0 Å². The lowest BCUT2D eigenvalue weighted by Crippen LogP contribution is -2.48. The van der Waals surface area contributed by atoms with Crippen LogP contribution < -0.4 is 10.6 Å². The zero-order valence-corrected chi connectivity index (χ0v) is 21.6. The van der Waals surface area contributed by atoms with Crippen molar-refractivity contribution in [2.75, 3.05) is 45.9 Å². The highest BCUT2D eigenvalue weighted by molar-refractivity contribution is 14.0. The second-order valence-corrected chi connectivity index (χ2v) is 8.08. The Hall–Kier alpha value is -1.72. The Morgan fingerprint density at radius 3 is 2.53 bits per heavy atom. The van der Waals surface area contributed by atoms with Crippen molar-refractivity contribution < 1.29 is 9.13 Å². The van der Waals surface area contributed by atoms with E-state index in [4.69, 9.17) is 9.73 Å². The van der Waals surface area contributed by atoms with Crippen LogP contribution in [0.4, 0.5) is 4.39 Å². The Labute approximate surface area is 207 Å². The minimum absolute atomic E-state index is 0. The molecule has 2 aromatic rings. The Morgan fingerprint density at radius 1 is 1.16 bits per heavy atom. The summed E-state index contributed by atoms with van der Waals surface area (Å²) in [5.74, 6) is 1.11. The fraction of sp³-hybridized carbons (Fsp3) is 0.565. The Kier molecular flexibility index (Phi) is 11.4. The maximum absolute atomic E-state index is 13.1. The van der Waals surface area contributed by atoms with Crippen molar-refractivity contribution in [1.82, 2.24) is 25.3 Å². The van der Waals surface area contributed by atoms with Crippen LogP contribution in [0.1, 0.15) is 26.5 Å². The van der Waals surface area contributed by atoms with Crippen molar-refractivity contribution in [3.63, 3.8) is 0 Å². The van der Waals surface area contributed by atoms with E-state index in [0.717, 1.165) is 69.7 Å². The standard InChI is InChI=1S/C23H35FN6O.HI/c1-4-25-23(27-17-22(18(2)3)29-13-15-31-16-14-29)26-11-9-20-10-12-30(28-20)21-7-5-19(24)6-8-21;/h5-8,10,12,18,22H,4,9,11,13-17H2,1-3H3,(H2,25,26,27);1H. The molecule has 32 heavy (non-hydrogen) atoms. The second-order valence-electron chi connectivity index (χ2n) is 8.08. The molecule has 1 fully saturated rings. The average molecular weight is 558 g/mol. The molecule has 0 aliphatic carbocycles. The Balaban J connectivity index is 0.00000363. The van der Waals surface area contributed by atoms with Crippen LogP contribution in [0.2, 0.25) is 0 Å². The average Bonchev–Trinajstić information content (AvgIpc) is 3.24. The number of aliphatic imine (C=N–C) groups is 1. The van der Waals surface area contributed by atoms with E-state index < -0.39 is 0 Å². The fourth-order valence-electron chi connectivity index (χ4n) is 3.73. The molecule has 7 nitrogen and oxygen atoms in total. The van der Waals surface area contributed by atoms with Gasteiger partial charge in [-0.3, -0.25) is 9.89 Å². The van der Waals surface area contributed by atoms with Gasteiger partial charge in [-0.2, -0.15) is 5.10 Å². The van der Waals surface area contributed by atoms with Crippen molar-refractivity contribution in [1.29, 1.82) is 0 Å². The maximum Gasteiger partial charge on any atom is 0.191 e. The molecule has 178 valence electrons. The summed E-state index contributed by atoms with van der Waals surface area (Å²) in [6.07, 6.45) is 2.67. The topological polar surface area (TPSA) is 66.7 Å². The summed E-state index contributed by atoms with van der Waals surface area (Å²) < 4.78 is 20.4. The lowest BCUT2D eigenvalue weighted by molar-refractivity contribution is 0.00867. The molecule has 1 aromatic heterocycles. The first-order valence-electron chi connectivity index (χ1n) is 11.2. The molecule has 0 bridgehead atoms. The zero-order chi connectivity index (χ0) is 22.1. The normalized spacial score (nSPS) is 16.0. The second kappa shape index (κ2) is 13.7. The molecule has 9 heteroatoms. The van der Waals surface area contributed by atoms with E-state index in [2.05, 4.69) is 41.4 Å². The van der Waals surface area contributed by atoms with E-state index in [0.29, 0.717) is 12.0 Å². The van der Waals surface area contributed by atoms with Gasteiger partial charge in [0.15, 0.2) is 5.96 Å². The van der Waals surface area contributed by atoms with Crippen molar-refractivity contribution in [3.05, 3.63) is 48.0 Å². The maximum atomic E-state index is 13.1. The van der Waals surface area contributed by atoms with Crippen LogP contribution in [0.25, 0.3) is 5.69 Å². The Bertz CT molecular complexity index is 820. The van der Waals surface area contributed by atoms with Crippen LogP contribution in [-0.2, 0) is 11.2 Å². The van der Waals surface area contributed by atoms with E-state index >= 15 is 0 Å². The van der Waals surface area contributed by atoms with Gasteiger partial charge in [0.25, 0.3) is 0 Å². The van der Waals surface area contributed by atoms with Gasteiger partial charge < -0.3 is 15.4 Å².